The molecule has 0 aliphatic carbocycles. The molecule has 0 aliphatic heterocycles. The molecule has 0 saturated carbocycles. The zero-order chi connectivity index (χ0) is 19.9. The molecule has 0 saturated heterocycles. The van der Waals surface area contributed by atoms with Crippen LogP contribution in [0.4, 0.5) is 4.39 Å². The highest BCUT2D eigenvalue weighted by molar-refractivity contribution is 6.30. The number of aromatic nitrogens is 1. The molecule has 1 heterocycles. The van der Waals surface area contributed by atoms with Crippen LogP contribution in [0.25, 0.3) is 11.3 Å². The third-order valence-electron chi connectivity index (χ3n) is 4.02. The van der Waals surface area contributed by atoms with Crippen molar-refractivity contribution in [1.29, 1.82) is 0 Å². The van der Waals surface area contributed by atoms with Gasteiger partial charge >= 0.3 is 5.97 Å². The van der Waals surface area contributed by atoms with Gasteiger partial charge in [0.05, 0.1) is 18.7 Å². The van der Waals surface area contributed by atoms with Gasteiger partial charge in [0.15, 0.2) is 0 Å². The van der Waals surface area contributed by atoms with Gasteiger partial charge < -0.3 is 9.47 Å². The molecule has 4 nitrogen and oxygen atoms in total. The van der Waals surface area contributed by atoms with Crippen molar-refractivity contribution < 1.29 is 18.7 Å². The lowest BCUT2D eigenvalue weighted by Crippen LogP contribution is -2.07. The van der Waals surface area contributed by atoms with E-state index >= 15 is 0 Å². The normalized spacial score (nSPS) is 10.5. The molecular formula is C22H19ClFNO3. The molecule has 0 bridgehead atoms. The molecule has 0 aliphatic rings. The number of pyridine rings is 1. The molecule has 6 heteroatoms. The van der Waals surface area contributed by atoms with Gasteiger partial charge in [-0.3, -0.25) is 4.79 Å². The van der Waals surface area contributed by atoms with Crippen molar-refractivity contribution in [2.45, 2.75) is 20.0 Å². The number of benzene rings is 2. The second-order valence-corrected chi connectivity index (χ2v) is 6.50. The van der Waals surface area contributed by atoms with Crippen LogP contribution < -0.4 is 4.74 Å². The number of rotatable bonds is 7. The van der Waals surface area contributed by atoms with Crippen LogP contribution in [0.3, 0.4) is 0 Å². The first-order valence-electron chi connectivity index (χ1n) is 8.84. The Hall–Kier alpha value is -2.92. The van der Waals surface area contributed by atoms with Crippen LogP contribution in [0.1, 0.15) is 18.1 Å². The predicted octanol–water partition coefficient (Wildman–Crippen LogP) is 5.23. The van der Waals surface area contributed by atoms with E-state index in [-0.39, 0.29) is 19.0 Å². The van der Waals surface area contributed by atoms with E-state index in [0.717, 1.165) is 16.8 Å². The van der Waals surface area contributed by atoms with E-state index in [1.807, 2.05) is 36.4 Å². The molecular weight excluding hydrogens is 381 g/mol. The molecule has 0 N–H and O–H groups in total. The Morgan fingerprint density at radius 3 is 2.61 bits per heavy atom. The Bertz CT molecular complexity index is 960. The molecule has 28 heavy (non-hydrogen) atoms. The SMILES string of the molecule is CCOC(=O)Cc1ccc(-c2cccc(OCc3ccc(Cl)cc3F)n2)cc1. The highest BCUT2D eigenvalue weighted by atomic mass is 35.5. The predicted molar refractivity (Wildman–Crippen MR) is 106 cm³/mol. The topological polar surface area (TPSA) is 48.4 Å². The maximum Gasteiger partial charge on any atom is 0.310 e. The molecule has 0 radical (unpaired) electrons. The van der Waals surface area contributed by atoms with Gasteiger partial charge in [-0.15, -0.1) is 0 Å². The van der Waals surface area contributed by atoms with E-state index in [9.17, 15) is 9.18 Å². The molecule has 3 aromatic rings. The third kappa shape index (κ3) is 5.30. The summed E-state index contributed by atoms with van der Waals surface area (Å²) in [7, 11) is 0. The Labute approximate surface area is 167 Å². The average molecular weight is 400 g/mol. The first kappa shape index (κ1) is 19.8. The van der Waals surface area contributed by atoms with E-state index in [1.54, 1.807) is 25.1 Å². The maximum absolute atomic E-state index is 13.9. The summed E-state index contributed by atoms with van der Waals surface area (Å²) >= 11 is 5.76. The number of ether oxygens (including phenoxy) is 2. The van der Waals surface area contributed by atoms with E-state index in [0.29, 0.717) is 23.1 Å². The highest BCUT2D eigenvalue weighted by Gasteiger charge is 2.08. The van der Waals surface area contributed by atoms with Crippen LogP contribution in [0.5, 0.6) is 5.88 Å². The Balaban J connectivity index is 1.68. The van der Waals surface area contributed by atoms with Crippen LogP contribution in [0, 0.1) is 5.82 Å². The van der Waals surface area contributed by atoms with Crippen molar-refractivity contribution in [2.24, 2.45) is 0 Å². The quantitative estimate of drug-likeness (QED) is 0.511. The van der Waals surface area contributed by atoms with Crippen LogP contribution >= 0.6 is 11.6 Å². The van der Waals surface area contributed by atoms with Gasteiger partial charge in [-0.2, -0.15) is 0 Å². The van der Waals surface area contributed by atoms with Crippen molar-refractivity contribution in [2.75, 3.05) is 6.61 Å². The Morgan fingerprint density at radius 2 is 1.89 bits per heavy atom. The third-order valence-corrected chi connectivity index (χ3v) is 4.25. The monoisotopic (exact) mass is 399 g/mol. The van der Waals surface area contributed by atoms with Gasteiger partial charge in [-0.05, 0) is 30.7 Å². The summed E-state index contributed by atoms with van der Waals surface area (Å²) in [5.41, 5.74) is 2.88. The molecule has 0 unspecified atom stereocenters. The van der Waals surface area contributed by atoms with Gasteiger partial charge in [0.2, 0.25) is 5.88 Å². The molecule has 0 fully saturated rings. The summed E-state index contributed by atoms with van der Waals surface area (Å²) in [6, 6.07) is 17.4. The van der Waals surface area contributed by atoms with Crippen LogP contribution in [0.15, 0.2) is 60.7 Å². The van der Waals surface area contributed by atoms with Gasteiger partial charge in [0.1, 0.15) is 12.4 Å². The maximum atomic E-state index is 13.9. The molecule has 0 amide bonds. The fourth-order valence-electron chi connectivity index (χ4n) is 2.62. The van der Waals surface area contributed by atoms with Gasteiger partial charge in [0.25, 0.3) is 0 Å². The van der Waals surface area contributed by atoms with E-state index in [1.165, 1.54) is 6.07 Å². The van der Waals surface area contributed by atoms with Crippen molar-refractivity contribution in [3.8, 4) is 17.1 Å². The number of carbonyl (C=O) groups is 1. The fourth-order valence-corrected chi connectivity index (χ4v) is 2.78. The second kappa shape index (κ2) is 9.33. The summed E-state index contributed by atoms with van der Waals surface area (Å²) in [4.78, 5) is 16.0. The standard InChI is InChI=1S/C22H19ClFNO3/c1-2-27-22(26)12-15-6-8-16(9-7-15)20-4-3-5-21(25-20)28-14-17-10-11-18(23)13-19(17)24/h3-11,13H,2,12,14H2,1H3. The highest BCUT2D eigenvalue weighted by Crippen LogP contribution is 2.22. The molecule has 3 rings (SSSR count). The first-order valence-corrected chi connectivity index (χ1v) is 9.21. The van der Waals surface area contributed by atoms with Gasteiger partial charge in [0, 0.05) is 22.2 Å². The first-order chi connectivity index (χ1) is 13.5. The largest absolute Gasteiger partial charge is 0.473 e. The zero-order valence-electron chi connectivity index (χ0n) is 15.3. The number of carbonyl (C=O) groups excluding carboxylic acids is 1. The van der Waals surface area contributed by atoms with E-state index in [4.69, 9.17) is 21.1 Å². The molecule has 144 valence electrons. The lowest BCUT2D eigenvalue weighted by atomic mass is 10.1. The summed E-state index contributed by atoms with van der Waals surface area (Å²) < 4.78 is 24.4. The minimum absolute atomic E-state index is 0.0535. The summed E-state index contributed by atoms with van der Waals surface area (Å²) in [5, 5.41) is 0.341. The fraction of sp³-hybridized carbons (Fsp3) is 0.182. The Morgan fingerprint density at radius 1 is 1.11 bits per heavy atom. The number of hydrogen-bond acceptors (Lipinski definition) is 4. The molecule has 2 aromatic carbocycles. The van der Waals surface area contributed by atoms with Crippen LogP contribution in [0.2, 0.25) is 5.02 Å². The summed E-state index contributed by atoms with van der Waals surface area (Å²) in [6.45, 7) is 2.20. The summed E-state index contributed by atoms with van der Waals surface area (Å²) in [6.07, 6.45) is 0.233. The van der Waals surface area contributed by atoms with Crippen LogP contribution in [-0.4, -0.2) is 17.6 Å². The van der Waals surface area contributed by atoms with Crippen molar-refractivity contribution in [3.63, 3.8) is 0 Å². The lowest BCUT2D eigenvalue weighted by molar-refractivity contribution is -0.142. The second-order valence-electron chi connectivity index (χ2n) is 6.06. The van der Waals surface area contributed by atoms with Crippen molar-refractivity contribution in [1.82, 2.24) is 4.98 Å². The average Bonchev–Trinajstić information content (AvgIpc) is 2.68. The number of nitrogens with zero attached hydrogens (tertiary/aromatic N) is 1. The van der Waals surface area contributed by atoms with Crippen LogP contribution in [-0.2, 0) is 22.6 Å². The molecule has 0 atom stereocenters. The van der Waals surface area contributed by atoms with Crippen molar-refractivity contribution >= 4 is 17.6 Å². The van der Waals surface area contributed by atoms with Crippen molar-refractivity contribution in [3.05, 3.63) is 82.6 Å². The summed E-state index contributed by atoms with van der Waals surface area (Å²) in [5.74, 6) is -0.276. The molecule has 1 aromatic heterocycles. The smallest absolute Gasteiger partial charge is 0.310 e. The number of halogens is 2. The van der Waals surface area contributed by atoms with Gasteiger partial charge in [-0.1, -0.05) is 48.0 Å². The van der Waals surface area contributed by atoms with E-state index < -0.39 is 5.82 Å². The molecule has 0 spiro atoms. The Kier molecular flexibility index (Phi) is 6.61. The number of esters is 1. The van der Waals surface area contributed by atoms with E-state index in [2.05, 4.69) is 4.98 Å². The lowest BCUT2D eigenvalue weighted by Gasteiger charge is -2.09. The zero-order valence-corrected chi connectivity index (χ0v) is 16.1. The number of hydrogen-bond donors (Lipinski definition) is 0. The minimum atomic E-state index is -0.416. The minimum Gasteiger partial charge on any atom is -0.473 e. The van der Waals surface area contributed by atoms with Gasteiger partial charge in [-0.25, -0.2) is 9.37 Å².